The van der Waals surface area contributed by atoms with Crippen molar-refractivity contribution < 1.29 is 4.74 Å². The van der Waals surface area contributed by atoms with E-state index in [2.05, 4.69) is 29.6 Å². The Hall–Kier alpha value is -1.02. The molecule has 0 aromatic heterocycles. The lowest BCUT2D eigenvalue weighted by molar-refractivity contribution is 0.131. The van der Waals surface area contributed by atoms with Gasteiger partial charge in [-0.1, -0.05) is 24.3 Å². The van der Waals surface area contributed by atoms with E-state index in [0.717, 1.165) is 13.2 Å². The first-order valence-electron chi connectivity index (χ1n) is 5.40. The maximum Gasteiger partial charge on any atom is 0.117 e. The van der Waals surface area contributed by atoms with Gasteiger partial charge in [0.1, 0.15) is 12.4 Å². The van der Waals surface area contributed by atoms with E-state index in [1.54, 1.807) is 0 Å². The van der Waals surface area contributed by atoms with Gasteiger partial charge in [0, 0.05) is 12.5 Å². The molecule has 74 valence electrons. The van der Waals surface area contributed by atoms with Crippen LogP contribution in [0.1, 0.15) is 12.8 Å². The molecular formula is C12H15NO. The predicted molar refractivity (Wildman–Crippen MR) is 55.8 cm³/mol. The maximum atomic E-state index is 5.78. The predicted octanol–water partition coefficient (Wildman–Crippen LogP) is 1.76. The van der Waals surface area contributed by atoms with Gasteiger partial charge in [-0.2, -0.15) is 0 Å². The summed E-state index contributed by atoms with van der Waals surface area (Å²) in [5.74, 6) is 1.80. The fourth-order valence-electron chi connectivity index (χ4n) is 2.55. The van der Waals surface area contributed by atoms with Crippen LogP contribution < -0.4 is 5.32 Å². The van der Waals surface area contributed by atoms with E-state index in [1.165, 1.54) is 24.2 Å². The Kier molecular flexibility index (Phi) is 1.95. The molecule has 2 unspecified atom stereocenters. The van der Waals surface area contributed by atoms with Crippen LogP contribution in [0.2, 0.25) is 0 Å². The summed E-state index contributed by atoms with van der Waals surface area (Å²) in [5.41, 5.74) is 1.40. The van der Waals surface area contributed by atoms with Gasteiger partial charge in [0.25, 0.3) is 0 Å². The van der Waals surface area contributed by atoms with Gasteiger partial charge in [-0.25, -0.2) is 0 Å². The van der Waals surface area contributed by atoms with Crippen LogP contribution in [0.15, 0.2) is 35.6 Å². The normalized spacial score (nSPS) is 34.9. The fourth-order valence-corrected chi connectivity index (χ4v) is 2.55. The highest BCUT2D eigenvalue weighted by Gasteiger charge is 2.30. The Morgan fingerprint density at radius 3 is 3.29 bits per heavy atom. The van der Waals surface area contributed by atoms with E-state index in [0.29, 0.717) is 12.0 Å². The highest BCUT2D eigenvalue weighted by atomic mass is 16.5. The van der Waals surface area contributed by atoms with Crippen molar-refractivity contribution >= 4 is 0 Å². The minimum atomic E-state index is 0.478. The first kappa shape index (κ1) is 8.30. The van der Waals surface area contributed by atoms with Crippen molar-refractivity contribution in [2.24, 2.45) is 5.92 Å². The van der Waals surface area contributed by atoms with Gasteiger partial charge in [-0.05, 0) is 18.4 Å². The molecule has 0 aromatic rings. The lowest BCUT2D eigenvalue weighted by Crippen LogP contribution is -2.43. The Morgan fingerprint density at radius 1 is 1.29 bits per heavy atom. The van der Waals surface area contributed by atoms with E-state index >= 15 is 0 Å². The molecule has 2 aliphatic carbocycles. The molecule has 0 saturated carbocycles. The lowest BCUT2D eigenvalue weighted by atomic mass is 9.81. The Morgan fingerprint density at radius 2 is 2.29 bits per heavy atom. The standard InChI is InChI=1S/C12H15NO/c1-2-4-10-9(3-1)5-6-11-12(10)14-8-7-13-11/h1-4,9,11,13H,5-8H2. The molecule has 3 aliphatic rings. The van der Waals surface area contributed by atoms with Gasteiger partial charge < -0.3 is 10.1 Å². The number of nitrogens with one attached hydrogen (secondary N) is 1. The van der Waals surface area contributed by atoms with Crippen molar-refractivity contribution in [2.75, 3.05) is 13.2 Å². The SMILES string of the molecule is C1=CC2=C3OCCNC3CCC2C=C1. The topological polar surface area (TPSA) is 21.3 Å². The van der Waals surface area contributed by atoms with Crippen LogP contribution in [0.25, 0.3) is 0 Å². The molecule has 2 atom stereocenters. The van der Waals surface area contributed by atoms with E-state index in [9.17, 15) is 0 Å². The minimum absolute atomic E-state index is 0.478. The molecular weight excluding hydrogens is 174 g/mol. The van der Waals surface area contributed by atoms with Gasteiger partial charge in [0.05, 0.1) is 6.04 Å². The van der Waals surface area contributed by atoms with Crippen molar-refractivity contribution in [1.29, 1.82) is 0 Å². The van der Waals surface area contributed by atoms with E-state index in [1.807, 2.05) is 0 Å². The molecule has 0 spiro atoms. The quantitative estimate of drug-likeness (QED) is 0.627. The van der Waals surface area contributed by atoms with Crippen molar-refractivity contribution in [3.8, 4) is 0 Å². The molecule has 3 rings (SSSR count). The molecule has 1 saturated heterocycles. The number of hydrogen-bond donors (Lipinski definition) is 1. The smallest absolute Gasteiger partial charge is 0.117 e. The summed E-state index contributed by atoms with van der Waals surface area (Å²) in [5, 5.41) is 3.51. The summed E-state index contributed by atoms with van der Waals surface area (Å²) in [7, 11) is 0. The van der Waals surface area contributed by atoms with Crippen LogP contribution in [0.5, 0.6) is 0 Å². The number of allylic oxidation sites excluding steroid dienone is 5. The highest BCUT2D eigenvalue weighted by Crippen LogP contribution is 2.35. The van der Waals surface area contributed by atoms with Crippen LogP contribution >= 0.6 is 0 Å². The van der Waals surface area contributed by atoms with Crippen molar-refractivity contribution in [2.45, 2.75) is 18.9 Å². The number of fused-ring (bicyclic) bond motifs is 2. The summed E-state index contributed by atoms with van der Waals surface area (Å²) in [6, 6.07) is 0.478. The van der Waals surface area contributed by atoms with Gasteiger partial charge >= 0.3 is 0 Å². The molecule has 0 aromatic carbocycles. The van der Waals surface area contributed by atoms with Gasteiger partial charge in [-0.15, -0.1) is 0 Å². The summed E-state index contributed by atoms with van der Waals surface area (Å²) in [6.07, 6.45) is 11.2. The highest BCUT2D eigenvalue weighted by molar-refractivity contribution is 5.38. The van der Waals surface area contributed by atoms with Crippen LogP contribution in [0.3, 0.4) is 0 Å². The van der Waals surface area contributed by atoms with Crippen LogP contribution in [0.4, 0.5) is 0 Å². The zero-order chi connectivity index (χ0) is 9.38. The Labute approximate surface area is 84.3 Å². The second-order valence-electron chi connectivity index (χ2n) is 4.10. The largest absolute Gasteiger partial charge is 0.495 e. The minimum Gasteiger partial charge on any atom is -0.495 e. The molecule has 0 radical (unpaired) electrons. The van der Waals surface area contributed by atoms with Gasteiger partial charge in [0.15, 0.2) is 0 Å². The van der Waals surface area contributed by atoms with E-state index in [4.69, 9.17) is 4.74 Å². The zero-order valence-corrected chi connectivity index (χ0v) is 8.20. The summed E-state index contributed by atoms with van der Waals surface area (Å²) < 4.78 is 5.78. The molecule has 2 heteroatoms. The third kappa shape index (κ3) is 1.22. The number of rotatable bonds is 0. The first-order chi connectivity index (χ1) is 6.95. The number of morpholine rings is 1. The molecule has 0 amide bonds. The van der Waals surface area contributed by atoms with Crippen LogP contribution in [0, 0.1) is 5.92 Å². The monoisotopic (exact) mass is 189 g/mol. The number of ether oxygens (including phenoxy) is 1. The average molecular weight is 189 g/mol. The Bertz CT molecular complexity index is 327. The molecule has 1 fully saturated rings. The van der Waals surface area contributed by atoms with Gasteiger partial charge in [0.2, 0.25) is 0 Å². The molecule has 0 bridgehead atoms. The third-order valence-electron chi connectivity index (χ3n) is 3.25. The third-order valence-corrected chi connectivity index (χ3v) is 3.25. The number of hydrogen-bond acceptors (Lipinski definition) is 2. The maximum absolute atomic E-state index is 5.78. The van der Waals surface area contributed by atoms with E-state index in [-0.39, 0.29) is 0 Å². The molecule has 1 heterocycles. The summed E-state index contributed by atoms with van der Waals surface area (Å²) in [4.78, 5) is 0. The molecule has 1 aliphatic heterocycles. The average Bonchev–Trinajstić information content (AvgIpc) is 2.29. The first-order valence-corrected chi connectivity index (χ1v) is 5.40. The fraction of sp³-hybridized carbons (Fsp3) is 0.500. The van der Waals surface area contributed by atoms with Crippen molar-refractivity contribution in [3.63, 3.8) is 0 Å². The summed E-state index contributed by atoms with van der Waals surface area (Å²) >= 11 is 0. The van der Waals surface area contributed by atoms with Crippen molar-refractivity contribution in [1.82, 2.24) is 5.32 Å². The van der Waals surface area contributed by atoms with Gasteiger partial charge in [-0.3, -0.25) is 0 Å². The lowest BCUT2D eigenvalue weighted by Gasteiger charge is -2.36. The molecule has 2 nitrogen and oxygen atoms in total. The summed E-state index contributed by atoms with van der Waals surface area (Å²) in [6.45, 7) is 1.81. The molecule has 14 heavy (non-hydrogen) atoms. The second-order valence-corrected chi connectivity index (χ2v) is 4.10. The second kappa shape index (κ2) is 3.28. The molecule has 1 N–H and O–H groups in total. The van der Waals surface area contributed by atoms with Crippen molar-refractivity contribution in [3.05, 3.63) is 35.6 Å². The van der Waals surface area contributed by atoms with Crippen LogP contribution in [-0.2, 0) is 4.74 Å². The zero-order valence-electron chi connectivity index (χ0n) is 8.20. The van der Waals surface area contributed by atoms with Crippen LogP contribution in [-0.4, -0.2) is 19.2 Å². The van der Waals surface area contributed by atoms with E-state index < -0.39 is 0 Å². The Balaban J connectivity index is 2.00.